The van der Waals surface area contributed by atoms with E-state index in [1.54, 1.807) is 7.11 Å². The van der Waals surface area contributed by atoms with Gasteiger partial charge in [0.05, 0.1) is 12.2 Å². The predicted octanol–water partition coefficient (Wildman–Crippen LogP) is 2.35. The monoisotopic (exact) mass is 229 g/mol. The Bertz CT molecular complexity index is 177. The molecule has 0 aromatic heterocycles. The molecule has 1 saturated carbocycles. The molecule has 16 heavy (non-hydrogen) atoms. The highest BCUT2D eigenvalue weighted by Crippen LogP contribution is 2.17. The summed E-state index contributed by atoms with van der Waals surface area (Å²) in [5, 5.41) is 3.54. The molecule has 1 aliphatic rings. The average Bonchev–Trinajstić information content (AvgIpc) is 2.76. The van der Waals surface area contributed by atoms with Gasteiger partial charge < -0.3 is 14.8 Å². The maximum absolute atomic E-state index is 5.59. The molecule has 3 heteroatoms. The highest BCUT2D eigenvalue weighted by atomic mass is 16.5. The Kier molecular flexibility index (Phi) is 6.32. The highest BCUT2D eigenvalue weighted by Gasteiger charge is 2.16. The van der Waals surface area contributed by atoms with Crippen LogP contribution in [0.4, 0.5) is 0 Å². The first kappa shape index (κ1) is 13.9. The second-order valence-corrected chi connectivity index (χ2v) is 5.26. The summed E-state index contributed by atoms with van der Waals surface area (Å²) in [6.07, 6.45) is 6.42. The molecule has 0 radical (unpaired) electrons. The molecule has 0 amide bonds. The van der Waals surface area contributed by atoms with E-state index in [1.165, 1.54) is 25.7 Å². The molecule has 3 nitrogen and oxygen atoms in total. The van der Waals surface area contributed by atoms with Crippen LogP contribution in [-0.4, -0.2) is 38.5 Å². The molecular formula is C13H27NO2. The van der Waals surface area contributed by atoms with Crippen LogP contribution in [0.1, 0.15) is 46.0 Å². The van der Waals surface area contributed by atoms with E-state index in [1.807, 2.05) is 0 Å². The second-order valence-electron chi connectivity index (χ2n) is 5.26. The second kappa shape index (κ2) is 7.25. The van der Waals surface area contributed by atoms with Gasteiger partial charge in [0.25, 0.3) is 0 Å². The Morgan fingerprint density at radius 2 is 1.88 bits per heavy atom. The summed E-state index contributed by atoms with van der Waals surface area (Å²) in [6.45, 7) is 6.77. The summed E-state index contributed by atoms with van der Waals surface area (Å²) < 4.78 is 10.9. The fourth-order valence-corrected chi connectivity index (χ4v) is 1.99. The summed E-state index contributed by atoms with van der Waals surface area (Å²) in [7, 11) is 1.75. The standard InChI is InChI=1S/C13H27NO2/c1-13(2,15-3)8-10-16-11-9-14-12-6-4-5-7-12/h12,14H,4-11H2,1-3H3. The lowest BCUT2D eigenvalue weighted by Crippen LogP contribution is -2.30. The van der Waals surface area contributed by atoms with Crippen molar-refractivity contribution in [1.82, 2.24) is 5.32 Å². The van der Waals surface area contributed by atoms with Gasteiger partial charge >= 0.3 is 0 Å². The molecule has 0 saturated heterocycles. The maximum atomic E-state index is 5.59. The van der Waals surface area contributed by atoms with E-state index in [-0.39, 0.29) is 5.60 Å². The van der Waals surface area contributed by atoms with Crippen molar-refractivity contribution in [3.8, 4) is 0 Å². The normalized spacial score (nSPS) is 18.2. The summed E-state index contributed by atoms with van der Waals surface area (Å²) in [5.41, 5.74) is -0.0567. The molecule has 0 bridgehead atoms. The number of methoxy groups -OCH3 is 1. The smallest absolute Gasteiger partial charge is 0.0644 e. The van der Waals surface area contributed by atoms with Gasteiger partial charge in [0.2, 0.25) is 0 Å². The fourth-order valence-electron chi connectivity index (χ4n) is 1.99. The number of hydrogen-bond acceptors (Lipinski definition) is 3. The van der Waals surface area contributed by atoms with Crippen molar-refractivity contribution >= 4 is 0 Å². The van der Waals surface area contributed by atoms with Crippen LogP contribution in [0.5, 0.6) is 0 Å². The molecule has 1 aliphatic carbocycles. The molecule has 1 rings (SSSR count). The molecule has 0 aromatic carbocycles. The van der Waals surface area contributed by atoms with Crippen molar-refractivity contribution in [3.05, 3.63) is 0 Å². The molecule has 96 valence electrons. The minimum Gasteiger partial charge on any atom is -0.380 e. The van der Waals surface area contributed by atoms with Crippen molar-refractivity contribution in [1.29, 1.82) is 0 Å². The third-order valence-corrected chi connectivity index (χ3v) is 3.44. The van der Waals surface area contributed by atoms with E-state index < -0.39 is 0 Å². The minimum atomic E-state index is -0.0567. The van der Waals surface area contributed by atoms with Gasteiger partial charge in [-0.2, -0.15) is 0 Å². The maximum Gasteiger partial charge on any atom is 0.0644 e. The van der Waals surface area contributed by atoms with Crippen molar-refractivity contribution in [2.24, 2.45) is 0 Å². The highest BCUT2D eigenvalue weighted by molar-refractivity contribution is 4.73. The van der Waals surface area contributed by atoms with E-state index in [0.717, 1.165) is 32.2 Å². The number of rotatable bonds is 8. The van der Waals surface area contributed by atoms with Gasteiger partial charge in [0, 0.05) is 26.3 Å². The zero-order valence-corrected chi connectivity index (χ0v) is 11.1. The van der Waals surface area contributed by atoms with Crippen molar-refractivity contribution in [2.75, 3.05) is 26.9 Å². The molecule has 1 N–H and O–H groups in total. The largest absolute Gasteiger partial charge is 0.380 e. The Balaban J connectivity index is 1.88. The van der Waals surface area contributed by atoms with Crippen LogP contribution in [-0.2, 0) is 9.47 Å². The van der Waals surface area contributed by atoms with Gasteiger partial charge in [-0.1, -0.05) is 12.8 Å². The van der Waals surface area contributed by atoms with Crippen molar-refractivity contribution in [2.45, 2.75) is 57.6 Å². The Morgan fingerprint density at radius 3 is 2.50 bits per heavy atom. The molecule has 0 aliphatic heterocycles. The van der Waals surface area contributed by atoms with Gasteiger partial charge in [-0.25, -0.2) is 0 Å². The minimum absolute atomic E-state index is 0.0567. The van der Waals surface area contributed by atoms with Crippen LogP contribution in [0, 0.1) is 0 Å². The van der Waals surface area contributed by atoms with E-state index in [9.17, 15) is 0 Å². The molecule has 0 spiro atoms. The molecule has 0 aromatic rings. The zero-order valence-electron chi connectivity index (χ0n) is 11.1. The van der Waals surface area contributed by atoms with Gasteiger partial charge in [-0.05, 0) is 33.1 Å². The quantitative estimate of drug-likeness (QED) is 0.648. The van der Waals surface area contributed by atoms with E-state index in [2.05, 4.69) is 19.2 Å². The van der Waals surface area contributed by atoms with Crippen LogP contribution >= 0.6 is 0 Å². The van der Waals surface area contributed by atoms with E-state index in [0.29, 0.717) is 0 Å². The summed E-state index contributed by atoms with van der Waals surface area (Å²) in [5.74, 6) is 0. The van der Waals surface area contributed by atoms with Crippen LogP contribution < -0.4 is 5.32 Å². The first-order chi connectivity index (χ1) is 7.64. The number of nitrogens with one attached hydrogen (secondary N) is 1. The first-order valence-electron chi connectivity index (χ1n) is 6.50. The predicted molar refractivity (Wildman–Crippen MR) is 66.8 cm³/mol. The third kappa shape index (κ3) is 5.83. The van der Waals surface area contributed by atoms with Crippen LogP contribution in [0.2, 0.25) is 0 Å². The van der Waals surface area contributed by atoms with Gasteiger partial charge in [0.1, 0.15) is 0 Å². The van der Waals surface area contributed by atoms with Gasteiger partial charge in [-0.15, -0.1) is 0 Å². The lowest BCUT2D eigenvalue weighted by Gasteiger charge is -2.22. The number of ether oxygens (including phenoxy) is 2. The van der Waals surface area contributed by atoms with Crippen molar-refractivity contribution < 1.29 is 9.47 Å². The van der Waals surface area contributed by atoms with E-state index >= 15 is 0 Å². The topological polar surface area (TPSA) is 30.5 Å². The Labute approximate surface area is 99.9 Å². The summed E-state index contributed by atoms with van der Waals surface area (Å²) in [6, 6.07) is 0.749. The summed E-state index contributed by atoms with van der Waals surface area (Å²) in [4.78, 5) is 0. The Hall–Kier alpha value is -0.120. The molecule has 0 atom stereocenters. The van der Waals surface area contributed by atoms with Crippen LogP contribution in [0.25, 0.3) is 0 Å². The SMILES string of the molecule is COC(C)(C)CCOCCNC1CCCC1. The van der Waals surface area contributed by atoms with Crippen molar-refractivity contribution in [3.63, 3.8) is 0 Å². The molecule has 0 heterocycles. The van der Waals surface area contributed by atoms with Crippen LogP contribution in [0.3, 0.4) is 0 Å². The first-order valence-corrected chi connectivity index (χ1v) is 6.50. The molecule has 1 fully saturated rings. The Morgan fingerprint density at radius 1 is 1.19 bits per heavy atom. The average molecular weight is 229 g/mol. The summed E-state index contributed by atoms with van der Waals surface area (Å²) >= 11 is 0. The van der Waals surface area contributed by atoms with E-state index in [4.69, 9.17) is 9.47 Å². The lowest BCUT2D eigenvalue weighted by atomic mass is 10.1. The fraction of sp³-hybridized carbons (Fsp3) is 1.00. The van der Waals surface area contributed by atoms with Gasteiger partial charge in [0.15, 0.2) is 0 Å². The lowest BCUT2D eigenvalue weighted by molar-refractivity contribution is -0.00950. The molecule has 0 unspecified atom stereocenters. The number of hydrogen-bond donors (Lipinski definition) is 1. The zero-order chi connectivity index (χ0) is 11.9. The van der Waals surface area contributed by atoms with Crippen LogP contribution in [0.15, 0.2) is 0 Å². The third-order valence-electron chi connectivity index (χ3n) is 3.44. The molecular weight excluding hydrogens is 202 g/mol. The van der Waals surface area contributed by atoms with Gasteiger partial charge in [-0.3, -0.25) is 0 Å².